The number of halogens is 1. The first-order chi connectivity index (χ1) is 9.24. The van der Waals surface area contributed by atoms with Crippen molar-refractivity contribution in [3.8, 4) is 5.75 Å². The highest BCUT2D eigenvalue weighted by Crippen LogP contribution is 2.19. The lowest BCUT2D eigenvalue weighted by Gasteiger charge is -2.21. The summed E-state index contributed by atoms with van der Waals surface area (Å²) < 4.78 is 7.83. The molecular formula is C13H15ClN4O. The van der Waals surface area contributed by atoms with E-state index in [1.165, 1.54) is 0 Å². The van der Waals surface area contributed by atoms with E-state index in [2.05, 4.69) is 27.0 Å². The molecule has 19 heavy (non-hydrogen) atoms. The molecule has 1 atom stereocenters. The van der Waals surface area contributed by atoms with E-state index in [1.807, 2.05) is 24.3 Å². The number of benzene rings is 1. The van der Waals surface area contributed by atoms with E-state index in [4.69, 9.17) is 16.3 Å². The van der Waals surface area contributed by atoms with Crippen LogP contribution < -0.4 is 10.1 Å². The third-order valence-electron chi connectivity index (χ3n) is 3.21. The minimum atomic E-state index is 0.241. The van der Waals surface area contributed by atoms with E-state index in [9.17, 15) is 0 Å². The van der Waals surface area contributed by atoms with Gasteiger partial charge in [0.1, 0.15) is 18.2 Å². The predicted octanol–water partition coefficient (Wildman–Crippen LogP) is 2.17. The lowest BCUT2D eigenvalue weighted by atomic mass is 10.2. The van der Waals surface area contributed by atoms with Crippen LogP contribution in [0.3, 0.4) is 0 Å². The van der Waals surface area contributed by atoms with Crippen molar-refractivity contribution >= 4 is 11.6 Å². The first-order valence-electron chi connectivity index (χ1n) is 6.28. The van der Waals surface area contributed by atoms with Gasteiger partial charge in [-0.1, -0.05) is 11.6 Å². The molecule has 0 amide bonds. The van der Waals surface area contributed by atoms with Gasteiger partial charge in [-0.05, 0) is 31.2 Å². The second-order valence-corrected chi connectivity index (χ2v) is 4.98. The van der Waals surface area contributed by atoms with Crippen LogP contribution in [0, 0.1) is 0 Å². The molecule has 2 heterocycles. The number of fused-ring (bicyclic) bond motifs is 1. The molecule has 1 aromatic carbocycles. The molecule has 0 saturated carbocycles. The van der Waals surface area contributed by atoms with Crippen LogP contribution in [-0.4, -0.2) is 21.3 Å². The fourth-order valence-corrected chi connectivity index (χ4v) is 2.31. The second kappa shape index (κ2) is 5.19. The normalized spacial score (nSPS) is 18.1. The van der Waals surface area contributed by atoms with Gasteiger partial charge in [-0.15, -0.1) is 10.2 Å². The standard InChI is InChI=1S/C13H15ClN4O/c1-9-13-17-16-12(18(13)7-6-15-9)8-19-11-4-2-10(14)3-5-11/h2-5,9,15H,6-8H2,1H3. The molecule has 5 nitrogen and oxygen atoms in total. The average molecular weight is 279 g/mol. The van der Waals surface area contributed by atoms with Gasteiger partial charge in [0.25, 0.3) is 0 Å². The first-order valence-corrected chi connectivity index (χ1v) is 6.65. The number of ether oxygens (including phenoxy) is 1. The third kappa shape index (κ3) is 2.57. The van der Waals surface area contributed by atoms with Crippen molar-refractivity contribution in [1.82, 2.24) is 20.1 Å². The molecule has 1 N–H and O–H groups in total. The van der Waals surface area contributed by atoms with E-state index in [0.29, 0.717) is 11.6 Å². The average Bonchev–Trinajstić information content (AvgIpc) is 2.83. The molecule has 1 aliphatic heterocycles. The number of rotatable bonds is 3. The van der Waals surface area contributed by atoms with Crippen molar-refractivity contribution in [2.45, 2.75) is 26.1 Å². The summed E-state index contributed by atoms with van der Waals surface area (Å²) in [5, 5.41) is 12.5. The Morgan fingerprint density at radius 3 is 2.95 bits per heavy atom. The summed E-state index contributed by atoms with van der Waals surface area (Å²) in [5.74, 6) is 2.61. The minimum Gasteiger partial charge on any atom is -0.486 e. The molecule has 1 aromatic heterocycles. The molecular weight excluding hydrogens is 264 g/mol. The zero-order valence-corrected chi connectivity index (χ0v) is 11.4. The van der Waals surface area contributed by atoms with Crippen molar-refractivity contribution in [3.05, 3.63) is 40.9 Å². The van der Waals surface area contributed by atoms with E-state index in [0.717, 1.165) is 30.5 Å². The first kappa shape index (κ1) is 12.4. The molecule has 0 aliphatic carbocycles. The lowest BCUT2D eigenvalue weighted by Crippen LogP contribution is -2.32. The lowest BCUT2D eigenvalue weighted by molar-refractivity contribution is 0.284. The maximum absolute atomic E-state index is 5.83. The van der Waals surface area contributed by atoms with Crippen molar-refractivity contribution in [3.63, 3.8) is 0 Å². The van der Waals surface area contributed by atoms with Crippen molar-refractivity contribution in [1.29, 1.82) is 0 Å². The molecule has 0 fully saturated rings. The van der Waals surface area contributed by atoms with Gasteiger partial charge in [-0.2, -0.15) is 0 Å². The summed E-state index contributed by atoms with van der Waals surface area (Å²) in [6.07, 6.45) is 0. The van der Waals surface area contributed by atoms with E-state index in [-0.39, 0.29) is 6.04 Å². The van der Waals surface area contributed by atoms with Gasteiger partial charge < -0.3 is 14.6 Å². The Hall–Kier alpha value is -1.59. The molecule has 6 heteroatoms. The van der Waals surface area contributed by atoms with Gasteiger partial charge in [-0.25, -0.2) is 0 Å². The van der Waals surface area contributed by atoms with E-state index < -0.39 is 0 Å². The second-order valence-electron chi connectivity index (χ2n) is 4.54. The van der Waals surface area contributed by atoms with Crippen LogP contribution in [0.1, 0.15) is 24.6 Å². The van der Waals surface area contributed by atoms with Crippen LogP contribution in [-0.2, 0) is 13.2 Å². The summed E-state index contributed by atoms with van der Waals surface area (Å²) in [4.78, 5) is 0. The van der Waals surface area contributed by atoms with Crippen molar-refractivity contribution in [2.24, 2.45) is 0 Å². The molecule has 1 unspecified atom stereocenters. The molecule has 0 spiro atoms. The van der Waals surface area contributed by atoms with Crippen LogP contribution in [0.2, 0.25) is 5.02 Å². The molecule has 0 saturated heterocycles. The number of aromatic nitrogens is 3. The summed E-state index contributed by atoms with van der Waals surface area (Å²) in [5.41, 5.74) is 0. The largest absolute Gasteiger partial charge is 0.486 e. The van der Waals surface area contributed by atoms with Gasteiger partial charge >= 0.3 is 0 Å². The topological polar surface area (TPSA) is 52.0 Å². The summed E-state index contributed by atoms with van der Waals surface area (Å²) in [6, 6.07) is 7.55. The summed E-state index contributed by atoms with van der Waals surface area (Å²) in [6.45, 7) is 4.32. The van der Waals surface area contributed by atoms with Crippen LogP contribution in [0.4, 0.5) is 0 Å². The quantitative estimate of drug-likeness (QED) is 0.935. The van der Waals surface area contributed by atoms with Crippen molar-refractivity contribution < 1.29 is 4.74 Å². The van der Waals surface area contributed by atoms with Crippen LogP contribution >= 0.6 is 11.6 Å². The Bertz CT molecular complexity index is 567. The molecule has 100 valence electrons. The maximum atomic E-state index is 5.83. The van der Waals surface area contributed by atoms with Crippen LogP contribution in [0.5, 0.6) is 5.75 Å². The number of nitrogens with one attached hydrogen (secondary N) is 1. The fraction of sp³-hybridized carbons (Fsp3) is 0.385. The van der Waals surface area contributed by atoms with E-state index >= 15 is 0 Å². The molecule has 3 rings (SSSR count). The summed E-state index contributed by atoms with van der Waals surface area (Å²) in [7, 11) is 0. The number of nitrogens with zero attached hydrogens (tertiary/aromatic N) is 3. The monoisotopic (exact) mass is 278 g/mol. The Kier molecular flexibility index (Phi) is 3.40. The highest BCUT2D eigenvalue weighted by molar-refractivity contribution is 6.30. The summed E-state index contributed by atoms with van der Waals surface area (Å²) >= 11 is 5.83. The van der Waals surface area contributed by atoms with E-state index in [1.54, 1.807) is 0 Å². The van der Waals surface area contributed by atoms with Gasteiger partial charge in [0.05, 0.1) is 6.04 Å². The Morgan fingerprint density at radius 1 is 1.37 bits per heavy atom. The zero-order valence-electron chi connectivity index (χ0n) is 10.6. The third-order valence-corrected chi connectivity index (χ3v) is 3.46. The maximum Gasteiger partial charge on any atom is 0.171 e. The predicted molar refractivity (Wildman–Crippen MR) is 72.2 cm³/mol. The molecule has 0 radical (unpaired) electrons. The molecule has 1 aliphatic rings. The Balaban J connectivity index is 1.72. The van der Waals surface area contributed by atoms with Gasteiger partial charge in [0.15, 0.2) is 5.82 Å². The zero-order chi connectivity index (χ0) is 13.2. The van der Waals surface area contributed by atoms with Gasteiger partial charge in [0.2, 0.25) is 0 Å². The SMILES string of the molecule is CC1NCCn2c(COc3ccc(Cl)cc3)nnc21. The molecule has 2 aromatic rings. The highest BCUT2D eigenvalue weighted by atomic mass is 35.5. The minimum absolute atomic E-state index is 0.241. The van der Waals surface area contributed by atoms with Gasteiger partial charge in [-0.3, -0.25) is 0 Å². The van der Waals surface area contributed by atoms with Gasteiger partial charge in [0, 0.05) is 18.1 Å². The Morgan fingerprint density at radius 2 is 2.16 bits per heavy atom. The number of hydrogen-bond donors (Lipinski definition) is 1. The smallest absolute Gasteiger partial charge is 0.171 e. The fourth-order valence-electron chi connectivity index (χ4n) is 2.18. The Labute approximate surface area is 116 Å². The highest BCUT2D eigenvalue weighted by Gasteiger charge is 2.21. The van der Waals surface area contributed by atoms with Crippen molar-refractivity contribution in [2.75, 3.05) is 6.54 Å². The molecule has 0 bridgehead atoms. The number of hydrogen-bond acceptors (Lipinski definition) is 4. The van der Waals surface area contributed by atoms with Crippen LogP contribution in [0.15, 0.2) is 24.3 Å². The van der Waals surface area contributed by atoms with Crippen LogP contribution in [0.25, 0.3) is 0 Å².